The molecule has 2 aromatic carbocycles. The van der Waals surface area contributed by atoms with Crippen LogP contribution in [0, 0.1) is 23.2 Å². The second kappa shape index (κ2) is 9.00. The molecule has 6 nitrogen and oxygen atoms in total. The van der Waals surface area contributed by atoms with Crippen LogP contribution in [0.2, 0.25) is 0 Å². The van der Waals surface area contributed by atoms with Gasteiger partial charge in [-0.25, -0.2) is 0 Å². The molecule has 4 rings (SSSR count). The Morgan fingerprint density at radius 3 is 2.53 bits per heavy atom. The molecule has 1 saturated heterocycles. The molecule has 2 aromatic rings. The molecule has 2 aliphatic rings. The molecule has 2 fully saturated rings. The van der Waals surface area contributed by atoms with Gasteiger partial charge >= 0.3 is 0 Å². The minimum atomic E-state index is -0.0773. The van der Waals surface area contributed by atoms with E-state index in [1.54, 1.807) is 18.2 Å². The molecule has 6 heteroatoms. The van der Waals surface area contributed by atoms with Crippen molar-refractivity contribution in [1.29, 1.82) is 5.26 Å². The highest BCUT2D eigenvalue weighted by atomic mass is 16.5. The first-order valence-corrected chi connectivity index (χ1v) is 10.4. The number of benzene rings is 2. The normalized spacial score (nSPS) is 16.6. The van der Waals surface area contributed by atoms with Crippen molar-refractivity contribution in [3.8, 4) is 11.8 Å². The monoisotopic (exact) mass is 403 g/mol. The summed E-state index contributed by atoms with van der Waals surface area (Å²) < 4.78 is 5.82. The molecule has 0 bridgehead atoms. The number of hydrogen-bond donors (Lipinski definition) is 1. The average Bonchev–Trinajstić information content (AvgIpc) is 3.63. The van der Waals surface area contributed by atoms with Gasteiger partial charge in [-0.1, -0.05) is 18.2 Å². The van der Waals surface area contributed by atoms with Gasteiger partial charge in [0.2, 0.25) is 11.8 Å². The lowest BCUT2D eigenvalue weighted by Crippen LogP contribution is -2.42. The maximum absolute atomic E-state index is 12.7. The van der Waals surface area contributed by atoms with Gasteiger partial charge in [0, 0.05) is 36.7 Å². The van der Waals surface area contributed by atoms with Crippen molar-refractivity contribution < 1.29 is 14.3 Å². The second-order valence-corrected chi connectivity index (χ2v) is 7.99. The molecule has 2 amide bonds. The van der Waals surface area contributed by atoms with E-state index in [0.717, 1.165) is 18.4 Å². The summed E-state index contributed by atoms with van der Waals surface area (Å²) >= 11 is 0. The highest BCUT2D eigenvalue weighted by molar-refractivity contribution is 5.93. The Morgan fingerprint density at radius 2 is 1.80 bits per heavy atom. The summed E-state index contributed by atoms with van der Waals surface area (Å²) in [7, 11) is 0. The third-order valence-electron chi connectivity index (χ3n) is 5.67. The minimum absolute atomic E-state index is 0.00704. The highest BCUT2D eigenvalue weighted by Crippen LogP contribution is 2.32. The van der Waals surface area contributed by atoms with E-state index in [1.807, 2.05) is 35.2 Å². The summed E-state index contributed by atoms with van der Waals surface area (Å²) in [6.45, 7) is 1.68. The van der Waals surface area contributed by atoms with Crippen molar-refractivity contribution in [2.24, 2.45) is 11.8 Å². The van der Waals surface area contributed by atoms with E-state index in [9.17, 15) is 9.59 Å². The van der Waals surface area contributed by atoms with E-state index in [2.05, 4.69) is 11.4 Å². The van der Waals surface area contributed by atoms with Crippen molar-refractivity contribution in [1.82, 2.24) is 4.90 Å². The van der Waals surface area contributed by atoms with Gasteiger partial charge in [-0.15, -0.1) is 0 Å². The predicted molar refractivity (Wildman–Crippen MR) is 113 cm³/mol. The lowest BCUT2D eigenvalue weighted by atomic mass is 9.95. The Bertz CT molecular complexity index is 970. The Morgan fingerprint density at radius 1 is 1.03 bits per heavy atom. The molecule has 0 atom stereocenters. The van der Waals surface area contributed by atoms with Crippen LogP contribution >= 0.6 is 0 Å². The van der Waals surface area contributed by atoms with Crippen LogP contribution in [0.4, 0.5) is 5.69 Å². The summed E-state index contributed by atoms with van der Waals surface area (Å²) in [5.74, 6) is 1.07. The molecule has 1 aliphatic heterocycles. The van der Waals surface area contributed by atoms with Crippen molar-refractivity contribution in [3.05, 3.63) is 59.7 Å². The quantitative estimate of drug-likeness (QED) is 0.797. The molecule has 1 heterocycles. The SMILES string of the molecule is N#Cc1cccc(COc2cccc(NC(=O)C3CCN(C(=O)C4CC4)CC3)c2)c1. The third-order valence-corrected chi connectivity index (χ3v) is 5.67. The van der Waals surface area contributed by atoms with Gasteiger partial charge in [-0.2, -0.15) is 5.26 Å². The van der Waals surface area contributed by atoms with Gasteiger partial charge in [-0.05, 0) is 55.5 Å². The van der Waals surface area contributed by atoms with Gasteiger partial charge in [0.15, 0.2) is 0 Å². The molecule has 154 valence electrons. The number of hydrogen-bond acceptors (Lipinski definition) is 4. The standard InChI is InChI=1S/C24H25N3O3/c25-15-17-3-1-4-18(13-17)16-30-22-6-2-5-21(14-22)26-23(28)19-9-11-27(12-10-19)24(29)20-7-8-20/h1-6,13-14,19-20H,7-12,16H2,(H,26,28). The first-order valence-electron chi connectivity index (χ1n) is 10.4. The summed E-state index contributed by atoms with van der Waals surface area (Å²) in [4.78, 5) is 26.7. The van der Waals surface area contributed by atoms with Crippen LogP contribution < -0.4 is 10.1 Å². The van der Waals surface area contributed by atoms with E-state index < -0.39 is 0 Å². The number of carbonyl (C=O) groups is 2. The van der Waals surface area contributed by atoms with E-state index in [-0.39, 0.29) is 23.7 Å². The Balaban J connectivity index is 1.29. The molecular formula is C24H25N3O3. The van der Waals surface area contributed by atoms with Crippen LogP contribution in [0.3, 0.4) is 0 Å². The molecule has 0 unspecified atom stereocenters. The average molecular weight is 403 g/mol. The van der Waals surface area contributed by atoms with Crippen LogP contribution in [0.5, 0.6) is 5.75 Å². The first-order chi connectivity index (χ1) is 14.6. The molecule has 0 aromatic heterocycles. The van der Waals surface area contributed by atoms with Crippen molar-refractivity contribution in [2.75, 3.05) is 18.4 Å². The zero-order valence-electron chi connectivity index (χ0n) is 16.8. The van der Waals surface area contributed by atoms with E-state index in [1.165, 1.54) is 0 Å². The Hall–Kier alpha value is -3.33. The lowest BCUT2D eigenvalue weighted by Gasteiger charge is -2.31. The number of nitrogens with zero attached hydrogens (tertiary/aromatic N) is 2. The number of ether oxygens (including phenoxy) is 1. The molecular weight excluding hydrogens is 378 g/mol. The number of nitrogens with one attached hydrogen (secondary N) is 1. The third kappa shape index (κ3) is 4.98. The molecule has 0 radical (unpaired) electrons. The molecule has 1 saturated carbocycles. The molecule has 30 heavy (non-hydrogen) atoms. The minimum Gasteiger partial charge on any atom is -0.489 e. The highest BCUT2D eigenvalue weighted by Gasteiger charge is 2.35. The number of rotatable bonds is 6. The number of amides is 2. The van der Waals surface area contributed by atoms with Crippen molar-refractivity contribution in [2.45, 2.75) is 32.3 Å². The molecule has 1 N–H and O–H groups in total. The smallest absolute Gasteiger partial charge is 0.227 e. The largest absolute Gasteiger partial charge is 0.489 e. The number of nitriles is 1. The number of anilines is 1. The zero-order chi connectivity index (χ0) is 20.9. The number of likely N-dealkylation sites (tertiary alicyclic amines) is 1. The molecule has 1 aliphatic carbocycles. The maximum Gasteiger partial charge on any atom is 0.227 e. The number of piperidine rings is 1. The fourth-order valence-corrected chi connectivity index (χ4v) is 3.76. The second-order valence-electron chi connectivity index (χ2n) is 7.99. The van der Waals surface area contributed by atoms with Gasteiger partial charge in [0.1, 0.15) is 12.4 Å². The topological polar surface area (TPSA) is 82.4 Å². The number of carbonyl (C=O) groups excluding carboxylic acids is 2. The van der Waals surface area contributed by atoms with Crippen LogP contribution in [-0.4, -0.2) is 29.8 Å². The lowest BCUT2D eigenvalue weighted by molar-refractivity contribution is -0.135. The zero-order valence-corrected chi connectivity index (χ0v) is 16.8. The van der Waals surface area contributed by atoms with E-state index >= 15 is 0 Å². The fourth-order valence-electron chi connectivity index (χ4n) is 3.76. The van der Waals surface area contributed by atoms with Crippen LogP contribution in [0.25, 0.3) is 0 Å². The van der Waals surface area contributed by atoms with Gasteiger partial charge in [0.05, 0.1) is 11.6 Å². The summed E-state index contributed by atoms with van der Waals surface area (Å²) in [5, 5.41) is 12.0. The van der Waals surface area contributed by atoms with Crippen molar-refractivity contribution >= 4 is 17.5 Å². The van der Waals surface area contributed by atoms with Crippen LogP contribution in [0.1, 0.15) is 36.8 Å². The van der Waals surface area contributed by atoms with Gasteiger partial charge in [-0.3, -0.25) is 9.59 Å². The first kappa shape index (κ1) is 20.0. The summed E-state index contributed by atoms with van der Waals surface area (Å²) in [6, 6.07) is 16.7. The van der Waals surface area contributed by atoms with E-state index in [0.29, 0.717) is 49.5 Å². The Kier molecular flexibility index (Phi) is 5.99. The Labute approximate surface area is 176 Å². The molecule has 0 spiro atoms. The summed E-state index contributed by atoms with van der Waals surface area (Å²) in [5.41, 5.74) is 2.21. The maximum atomic E-state index is 12.7. The van der Waals surface area contributed by atoms with Crippen LogP contribution in [0.15, 0.2) is 48.5 Å². The predicted octanol–water partition coefficient (Wildman–Crippen LogP) is 3.72. The summed E-state index contributed by atoms with van der Waals surface area (Å²) in [6.07, 6.45) is 3.44. The fraction of sp³-hybridized carbons (Fsp3) is 0.375. The van der Waals surface area contributed by atoms with Crippen LogP contribution in [-0.2, 0) is 16.2 Å². The van der Waals surface area contributed by atoms with Gasteiger partial charge in [0.25, 0.3) is 0 Å². The van der Waals surface area contributed by atoms with Crippen molar-refractivity contribution in [3.63, 3.8) is 0 Å². The van der Waals surface area contributed by atoms with Gasteiger partial charge < -0.3 is 15.0 Å². The van der Waals surface area contributed by atoms with E-state index in [4.69, 9.17) is 10.00 Å².